The summed E-state index contributed by atoms with van der Waals surface area (Å²) in [7, 11) is 0. The van der Waals surface area contributed by atoms with E-state index in [9.17, 15) is 9.90 Å². The first kappa shape index (κ1) is 20.6. The molecule has 5 nitrogen and oxygen atoms in total. The summed E-state index contributed by atoms with van der Waals surface area (Å²) in [6, 6.07) is 3.23. The third kappa shape index (κ3) is 3.78. The fourth-order valence-electron chi connectivity index (χ4n) is 2.87. The van der Waals surface area contributed by atoms with Crippen molar-refractivity contribution in [2.75, 3.05) is 0 Å². The number of nitrogens with zero attached hydrogens (tertiary/aromatic N) is 3. The van der Waals surface area contributed by atoms with E-state index in [1.54, 1.807) is 39.9 Å². The number of aryl methyl sites for hydroxylation is 1. The molecule has 0 fully saturated rings. The summed E-state index contributed by atoms with van der Waals surface area (Å²) in [6.45, 7) is 2.62. The summed E-state index contributed by atoms with van der Waals surface area (Å²) in [4.78, 5) is 12.0. The molecule has 0 radical (unpaired) electrons. The van der Waals surface area contributed by atoms with E-state index in [2.05, 4.69) is 5.10 Å². The van der Waals surface area contributed by atoms with Gasteiger partial charge in [-0.2, -0.15) is 5.10 Å². The first-order valence-corrected chi connectivity index (χ1v) is 12.2. The highest BCUT2D eigenvalue weighted by Crippen LogP contribution is 2.47. The Morgan fingerprint density at radius 2 is 2.17 bits per heavy atom. The molecule has 1 aliphatic rings. The number of benzene rings is 1. The van der Waals surface area contributed by atoms with Gasteiger partial charge in [-0.1, -0.05) is 61.8 Å². The van der Waals surface area contributed by atoms with Crippen LogP contribution in [0.5, 0.6) is 0 Å². The summed E-state index contributed by atoms with van der Waals surface area (Å²) >= 11 is 13.3. The number of fused-ring (bicyclic) bond motifs is 1. The zero-order valence-electron chi connectivity index (χ0n) is 14.9. The molecule has 150 valence electrons. The summed E-state index contributed by atoms with van der Waals surface area (Å²) < 4.78 is 19.6. The van der Waals surface area contributed by atoms with E-state index in [1.807, 2.05) is 13.0 Å². The molecule has 0 saturated heterocycles. The number of carbonyl (C=O) groups is 1. The van der Waals surface area contributed by atoms with Gasteiger partial charge in [-0.25, -0.2) is 9.18 Å². The number of carboxylic acids is 1. The van der Waals surface area contributed by atoms with Gasteiger partial charge < -0.3 is 5.11 Å². The maximum Gasteiger partial charge on any atom is 0.341 e. The third-order valence-corrected chi connectivity index (χ3v) is 9.37. The quantitative estimate of drug-likeness (QED) is 0.385. The van der Waals surface area contributed by atoms with Gasteiger partial charge in [0.2, 0.25) is 0 Å². The fraction of sp³-hybridized carbons (Fsp3) is 0.105. The van der Waals surface area contributed by atoms with Crippen LogP contribution in [0.25, 0.3) is 16.6 Å². The number of aromatic nitrogens is 3. The van der Waals surface area contributed by atoms with Gasteiger partial charge in [0.05, 0.1) is 30.8 Å². The van der Waals surface area contributed by atoms with Crippen LogP contribution >= 0.6 is 55.7 Å². The van der Waals surface area contributed by atoms with Gasteiger partial charge in [0.15, 0.2) is 5.82 Å². The maximum absolute atomic E-state index is 15.0. The predicted molar refractivity (Wildman–Crippen MR) is 124 cm³/mol. The van der Waals surface area contributed by atoms with E-state index < -0.39 is 32.5 Å². The Hall–Kier alpha value is -1.62. The SMILES string of the molecule is CCn1cc(-n2c(Cl)c(SC3=CC=CC(C(=O)O)=I3)c3ccc(Cl)c(F)c32)cn1. The molecule has 3 heterocycles. The Morgan fingerprint density at radius 3 is 2.86 bits per heavy atom. The monoisotopic (exact) mass is 563 g/mol. The lowest BCUT2D eigenvalue weighted by Crippen LogP contribution is -2.07. The Kier molecular flexibility index (Phi) is 5.87. The Balaban J connectivity index is 1.91. The number of carboxylic acid groups (broad SMARTS) is 1. The first-order chi connectivity index (χ1) is 13.9. The largest absolute Gasteiger partial charge is 0.477 e. The Bertz CT molecular complexity index is 1250. The second-order valence-corrected chi connectivity index (χ2v) is 11.4. The average Bonchev–Trinajstić information content (AvgIpc) is 3.28. The molecule has 0 atom stereocenters. The highest BCUT2D eigenvalue weighted by Gasteiger charge is 2.24. The molecule has 4 rings (SSSR count). The van der Waals surface area contributed by atoms with Gasteiger partial charge in [0.25, 0.3) is 0 Å². The van der Waals surface area contributed by atoms with E-state index in [4.69, 9.17) is 23.2 Å². The van der Waals surface area contributed by atoms with Crippen LogP contribution in [0, 0.1) is 5.82 Å². The van der Waals surface area contributed by atoms with Crippen LogP contribution in [0.4, 0.5) is 4.39 Å². The lowest BCUT2D eigenvalue weighted by Gasteiger charge is -2.06. The van der Waals surface area contributed by atoms with Gasteiger partial charge in [0, 0.05) is 21.0 Å². The molecule has 0 amide bonds. The van der Waals surface area contributed by atoms with Crippen molar-refractivity contribution in [2.45, 2.75) is 18.4 Å². The molecule has 29 heavy (non-hydrogen) atoms. The molecule has 3 aromatic rings. The lowest BCUT2D eigenvalue weighted by atomic mass is 10.2. The van der Waals surface area contributed by atoms with E-state index in [0.29, 0.717) is 31.2 Å². The van der Waals surface area contributed by atoms with Crippen molar-refractivity contribution in [3.63, 3.8) is 0 Å². The van der Waals surface area contributed by atoms with Gasteiger partial charge in [-0.3, -0.25) is 9.25 Å². The Morgan fingerprint density at radius 1 is 1.38 bits per heavy atom. The van der Waals surface area contributed by atoms with Crippen molar-refractivity contribution in [3.8, 4) is 5.69 Å². The molecule has 0 saturated carbocycles. The number of hydrogen-bond acceptors (Lipinski definition) is 3. The minimum absolute atomic E-state index is 0.00101. The van der Waals surface area contributed by atoms with Crippen LogP contribution in [-0.2, 0) is 11.3 Å². The van der Waals surface area contributed by atoms with Gasteiger partial charge in [-0.05, 0) is 31.2 Å². The molecule has 1 aliphatic heterocycles. The second kappa shape index (κ2) is 8.25. The van der Waals surface area contributed by atoms with Crippen molar-refractivity contribution >= 4 is 76.1 Å². The van der Waals surface area contributed by atoms with Crippen molar-refractivity contribution in [1.82, 2.24) is 14.3 Å². The van der Waals surface area contributed by atoms with Crippen molar-refractivity contribution in [2.24, 2.45) is 0 Å². The highest BCUT2D eigenvalue weighted by molar-refractivity contribution is 14.2. The lowest BCUT2D eigenvalue weighted by molar-refractivity contribution is -0.128. The van der Waals surface area contributed by atoms with Gasteiger partial charge in [-0.15, -0.1) is 0 Å². The molecule has 0 aliphatic carbocycles. The highest BCUT2D eigenvalue weighted by atomic mass is 127. The summed E-state index contributed by atoms with van der Waals surface area (Å²) in [5.41, 5.74) is 0.896. The van der Waals surface area contributed by atoms with Crippen molar-refractivity contribution in [3.05, 3.63) is 61.7 Å². The number of rotatable bonds is 5. The zero-order chi connectivity index (χ0) is 20.7. The molecule has 0 bridgehead atoms. The summed E-state index contributed by atoms with van der Waals surface area (Å²) in [6.07, 6.45) is 8.61. The molecule has 0 spiro atoms. The van der Waals surface area contributed by atoms with Crippen LogP contribution in [-0.4, -0.2) is 28.9 Å². The van der Waals surface area contributed by atoms with Crippen LogP contribution in [0.15, 0.2) is 50.6 Å². The molecular formula is C19H13Cl2FIN3O2S. The normalized spacial score (nSPS) is 13.9. The van der Waals surface area contributed by atoms with Crippen LogP contribution < -0.4 is 0 Å². The molecule has 1 aromatic carbocycles. The number of aliphatic carboxylic acids is 1. The number of hydrogen-bond donors (Lipinski definition) is 1. The fourth-order valence-corrected chi connectivity index (χ4v) is 7.38. The van der Waals surface area contributed by atoms with E-state index in [1.165, 1.54) is 17.8 Å². The van der Waals surface area contributed by atoms with Crippen LogP contribution in [0.1, 0.15) is 6.92 Å². The van der Waals surface area contributed by atoms with Crippen LogP contribution in [0.3, 0.4) is 0 Å². The molecule has 10 heteroatoms. The standard InChI is InChI=1S/C19H13Cl2FIN3O2S/c1-2-25-9-10(8-24-25)26-16-11(6-7-12(20)15(16)22)17(18(26)21)29-14-5-3-4-13(23-14)19(27)28/h3-9H,2H2,1H3,(H,27,28). The third-order valence-electron chi connectivity index (χ3n) is 4.19. The summed E-state index contributed by atoms with van der Waals surface area (Å²) in [5, 5.41) is 14.5. The predicted octanol–water partition coefficient (Wildman–Crippen LogP) is 6.02. The molecule has 0 unspecified atom stereocenters. The zero-order valence-corrected chi connectivity index (χ0v) is 19.4. The molecular weight excluding hydrogens is 551 g/mol. The van der Waals surface area contributed by atoms with E-state index in [0.717, 1.165) is 2.91 Å². The number of halogens is 4. The molecule has 2 aromatic heterocycles. The van der Waals surface area contributed by atoms with E-state index >= 15 is 4.39 Å². The van der Waals surface area contributed by atoms with Crippen LogP contribution in [0.2, 0.25) is 10.2 Å². The second-order valence-electron chi connectivity index (χ2n) is 5.95. The van der Waals surface area contributed by atoms with E-state index in [-0.39, 0.29) is 10.5 Å². The van der Waals surface area contributed by atoms with Crippen molar-refractivity contribution in [1.29, 1.82) is 0 Å². The smallest absolute Gasteiger partial charge is 0.341 e. The average molecular weight is 564 g/mol. The summed E-state index contributed by atoms with van der Waals surface area (Å²) in [5.74, 6) is -1.48. The minimum Gasteiger partial charge on any atom is -0.477 e. The Labute approximate surface area is 189 Å². The minimum atomic E-state index is -0.918. The van der Waals surface area contributed by atoms with Crippen molar-refractivity contribution < 1.29 is 14.3 Å². The molecule has 1 N–H and O–H groups in total. The van der Waals surface area contributed by atoms with Gasteiger partial charge >= 0.3 is 5.97 Å². The first-order valence-electron chi connectivity index (χ1n) is 8.42. The number of allylic oxidation sites excluding steroid dienone is 2. The number of thioether (sulfide) groups is 1. The van der Waals surface area contributed by atoms with Gasteiger partial charge in [0.1, 0.15) is 5.15 Å². The topological polar surface area (TPSA) is 60.0 Å². The maximum atomic E-state index is 15.0.